The van der Waals surface area contributed by atoms with Crippen molar-refractivity contribution in [2.45, 2.75) is 70.8 Å². The predicted molar refractivity (Wildman–Crippen MR) is 160 cm³/mol. The molecule has 0 radical (unpaired) electrons. The van der Waals surface area contributed by atoms with E-state index in [9.17, 15) is 14.7 Å². The van der Waals surface area contributed by atoms with Gasteiger partial charge in [-0.1, -0.05) is 74.2 Å². The van der Waals surface area contributed by atoms with Gasteiger partial charge >= 0.3 is 0 Å². The first-order chi connectivity index (χ1) is 19.1. The monoisotopic (exact) mass is 534 g/mol. The molecule has 0 bridgehead atoms. The van der Waals surface area contributed by atoms with Crippen LogP contribution in [-0.2, 0) is 22.4 Å². The lowest BCUT2D eigenvalue weighted by molar-refractivity contribution is -0.133. The van der Waals surface area contributed by atoms with Crippen LogP contribution in [0.3, 0.4) is 0 Å². The average Bonchev–Trinajstić information content (AvgIpc) is 3.23. The quantitative estimate of drug-likeness (QED) is 0.106. The highest BCUT2D eigenvalue weighted by Gasteiger charge is 2.24. The van der Waals surface area contributed by atoms with Crippen molar-refractivity contribution in [3.05, 3.63) is 65.2 Å². The number of aromatic hydroxyl groups is 1. The summed E-state index contributed by atoms with van der Waals surface area (Å²) in [4.78, 5) is 26.5. The number of amides is 2. The molecule has 4 N–H and O–H groups in total. The van der Waals surface area contributed by atoms with E-state index < -0.39 is 0 Å². The smallest absolute Gasteiger partial charge is 0.224 e. The number of carbonyl (C=O) groups excluding carboxylic acids is 2. The highest BCUT2D eigenvalue weighted by atomic mass is 16.3. The minimum atomic E-state index is 0.0546. The highest BCUT2D eigenvalue weighted by Crippen LogP contribution is 2.31. The molecule has 0 aromatic heterocycles. The normalized spacial score (nSPS) is 14.3. The van der Waals surface area contributed by atoms with Crippen molar-refractivity contribution in [3.63, 3.8) is 0 Å². The summed E-state index contributed by atoms with van der Waals surface area (Å²) in [5, 5.41) is 19.8. The van der Waals surface area contributed by atoms with E-state index >= 15 is 0 Å². The number of rotatable bonds is 16. The Morgan fingerprint density at radius 3 is 2.38 bits per heavy atom. The topological polar surface area (TPSA) is 93.7 Å². The molecule has 2 aromatic rings. The summed E-state index contributed by atoms with van der Waals surface area (Å²) < 4.78 is 0. The van der Waals surface area contributed by atoms with Crippen LogP contribution in [0.2, 0.25) is 0 Å². The van der Waals surface area contributed by atoms with Gasteiger partial charge in [-0.3, -0.25) is 9.59 Å². The van der Waals surface area contributed by atoms with Gasteiger partial charge < -0.3 is 26.0 Å². The van der Waals surface area contributed by atoms with Gasteiger partial charge in [0, 0.05) is 37.7 Å². The molecule has 0 heterocycles. The molecule has 212 valence electrons. The van der Waals surface area contributed by atoms with Crippen LogP contribution < -0.4 is 16.0 Å². The second-order valence-electron chi connectivity index (χ2n) is 10.3. The number of anilines is 1. The number of phenols is 1. The van der Waals surface area contributed by atoms with Gasteiger partial charge in [-0.15, -0.1) is 0 Å². The van der Waals surface area contributed by atoms with Gasteiger partial charge in [0.1, 0.15) is 5.75 Å². The fraction of sp³-hybridized carbons (Fsp3) is 0.500. The Labute approximate surface area is 234 Å². The molecule has 0 spiro atoms. The van der Waals surface area contributed by atoms with Crippen LogP contribution in [0, 0.1) is 0 Å². The zero-order chi connectivity index (χ0) is 27.7. The summed E-state index contributed by atoms with van der Waals surface area (Å²) in [6.45, 7) is 5.67. The van der Waals surface area contributed by atoms with Gasteiger partial charge in [0.05, 0.1) is 5.69 Å². The Morgan fingerprint density at radius 1 is 0.949 bits per heavy atom. The van der Waals surface area contributed by atoms with Crippen LogP contribution in [0.5, 0.6) is 5.75 Å². The van der Waals surface area contributed by atoms with Crippen LogP contribution in [0.4, 0.5) is 5.69 Å². The third-order valence-electron chi connectivity index (χ3n) is 7.49. The lowest BCUT2D eigenvalue weighted by atomic mass is 10.0. The van der Waals surface area contributed by atoms with E-state index in [2.05, 4.69) is 45.1 Å². The molecule has 2 aromatic carbocycles. The fourth-order valence-corrected chi connectivity index (χ4v) is 5.41. The number of allylic oxidation sites excluding steroid dienone is 1. The number of phenolic OH excluding ortho intramolecular Hbond substituents is 1. The van der Waals surface area contributed by atoms with Gasteiger partial charge in [0.2, 0.25) is 12.3 Å². The number of carbonyl (C=O) groups is 2. The Hall–Kier alpha value is -3.16. The molecule has 1 saturated carbocycles. The van der Waals surface area contributed by atoms with Crippen LogP contribution >= 0.6 is 0 Å². The standard InChI is InChI=1S/C32H46N4O3/c1-2-10-29-27(15-16-30(38)32(29)35-25-37)18-21-34-23-24-36(28-13-8-3-4-9-14-28)31(39)19-22-33-20-17-26-11-6-5-7-12-26/h2,5-7,10-12,15-16,25,28,33-34,38H,3-4,8-9,13-14,17-24H2,1H3,(H,35,37)/b10-2-. The van der Waals surface area contributed by atoms with E-state index in [-0.39, 0.29) is 11.7 Å². The molecule has 0 unspecified atom stereocenters. The maximum atomic E-state index is 13.3. The van der Waals surface area contributed by atoms with E-state index in [1.165, 1.54) is 31.2 Å². The minimum Gasteiger partial charge on any atom is -0.506 e. The second-order valence-corrected chi connectivity index (χ2v) is 10.3. The van der Waals surface area contributed by atoms with Crippen molar-refractivity contribution in [2.75, 3.05) is 38.0 Å². The molecular weight excluding hydrogens is 488 g/mol. The summed E-state index contributed by atoms with van der Waals surface area (Å²) in [5.41, 5.74) is 3.61. The lowest BCUT2D eigenvalue weighted by Gasteiger charge is -2.32. The highest BCUT2D eigenvalue weighted by molar-refractivity contribution is 5.84. The van der Waals surface area contributed by atoms with Gasteiger partial charge in [0.15, 0.2) is 0 Å². The van der Waals surface area contributed by atoms with E-state index in [4.69, 9.17) is 0 Å². The molecular formula is C32H46N4O3. The van der Waals surface area contributed by atoms with E-state index in [0.29, 0.717) is 37.6 Å². The molecule has 1 aliphatic carbocycles. The van der Waals surface area contributed by atoms with Crippen molar-refractivity contribution in [3.8, 4) is 5.75 Å². The van der Waals surface area contributed by atoms with Crippen molar-refractivity contribution >= 4 is 24.1 Å². The van der Waals surface area contributed by atoms with Crippen LogP contribution in [-0.4, -0.2) is 61.1 Å². The molecule has 0 atom stereocenters. The molecule has 1 aliphatic rings. The molecule has 0 aliphatic heterocycles. The van der Waals surface area contributed by atoms with Gasteiger partial charge in [-0.25, -0.2) is 0 Å². The summed E-state index contributed by atoms with van der Waals surface area (Å²) in [6, 6.07) is 14.3. The van der Waals surface area contributed by atoms with E-state index in [1.807, 2.05) is 31.2 Å². The number of hydrogen-bond acceptors (Lipinski definition) is 5. The summed E-state index contributed by atoms with van der Waals surface area (Å²) >= 11 is 0. The van der Waals surface area contributed by atoms with Crippen LogP contribution in [0.1, 0.15) is 68.6 Å². The van der Waals surface area contributed by atoms with Crippen LogP contribution in [0.25, 0.3) is 6.08 Å². The first-order valence-electron chi connectivity index (χ1n) is 14.6. The number of nitrogens with zero attached hydrogens (tertiary/aromatic N) is 1. The van der Waals surface area contributed by atoms with Gasteiger partial charge in [-0.05, 0) is 62.9 Å². The Balaban J connectivity index is 1.49. The number of hydrogen-bond donors (Lipinski definition) is 4. The van der Waals surface area contributed by atoms with Crippen LogP contribution in [0.15, 0.2) is 48.5 Å². The SMILES string of the molecule is C/C=C\c1c(CCNCCN(C(=O)CCNCCc2ccccc2)C2CCCCCC2)ccc(O)c1NC=O. The maximum absolute atomic E-state index is 13.3. The lowest BCUT2D eigenvalue weighted by Crippen LogP contribution is -2.45. The minimum absolute atomic E-state index is 0.0546. The fourth-order valence-electron chi connectivity index (χ4n) is 5.41. The first-order valence-corrected chi connectivity index (χ1v) is 14.6. The summed E-state index contributed by atoms with van der Waals surface area (Å²) in [5.74, 6) is 0.299. The Kier molecular flexibility index (Phi) is 13.6. The molecule has 2 amide bonds. The zero-order valence-corrected chi connectivity index (χ0v) is 23.5. The molecule has 3 rings (SSSR count). The third-order valence-corrected chi connectivity index (χ3v) is 7.49. The van der Waals surface area contributed by atoms with Gasteiger partial charge in [-0.2, -0.15) is 0 Å². The average molecular weight is 535 g/mol. The zero-order valence-electron chi connectivity index (χ0n) is 23.5. The summed E-state index contributed by atoms with van der Waals surface area (Å²) in [6.07, 6.45) is 13.7. The van der Waals surface area contributed by atoms with E-state index in [0.717, 1.165) is 56.4 Å². The number of benzene rings is 2. The first kappa shape index (κ1) is 30.4. The van der Waals surface area contributed by atoms with Gasteiger partial charge in [0.25, 0.3) is 0 Å². The summed E-state index contributed by atoms with van der Waals surface area (Å²) in [7, 11) is 0. The molecule has 0 saturated heterocycles. The van der Waals surface area contributed by atoms with Crippen molar-refractivity contribution in [1.82, 2.24) is 15.5 Å². The maximum Gasteiger partial charge on any atom is 0.224 e. The van der Waals surface area contributed by atoms with E-state index in [1.54, 1.807) is 6.07 Å². The third kappa shape index (κ3) is 10.2. The number of nitrogens with one attached hydrogen (secondary N) is 3. The molecule has 7 nitrogen and oxygen atoms in total. The second kappa shape index (κ2) is 17.4. The largest absolute Gasteiger partial charge is 0.506 e. The molecule has 7 heteroatoms. The Morgan fingerprint density at radius 2 is 1.67 bits per heavy atom. The van der Waals surface area contributed by atoms with Crippen molar-refractivity contribution in [2.24, 2.45) is 0 Å². The van der Waals surface area contributed by atoms with Crippen molar-refractivity contribution < 1.29 is 14.7 Å². The molecule has 39 heavy (non-hydrogen) atoms. The van der Waals surface area contributed by atoms with Crippen molar-refractivity contribution in [1.29, 1.82) is 0 Å². The Bertz CT molecular complexity index is 1030. The predicted octanol–water partition coefficient (Wildman–Crippen LogP) is 4.90. The molecule has 1 fully saturated rings.